The summed E-state index contributed by atoms with van der Waals surface area (Å²) in [6.07, 6.45) is 0. The highest BCUT2D eigenvalue weighted by Gasteiger charge is 2.18. The second kappa shape index (κ2) is 2.51. The Morgan fingerprint density at radius 1 is 1.20 bits per heavy atom. The monoisotopic (exact) mass is 170 g/mol. The van der Waals surface area contributed by atoms with E-state index in [1.54, 1.807) is 5.19 Å². The van der Waals surface area contributed by atoms with Crippen molar-refractivity contribution in [2.75, 3.05) is 0 Å². The first-order valence-corrected chi connectivity index (χ1v) is 7.99. The Kier molecular flexibility index (Phi) is 2.01. The second-order valence-corrected chi connectivity index (χ2v) is 9.50. The molecule has 0 atom stereocenters. The molecule has 0 saturated carbocycles. The highest BCUT2D eigenvalue weighted by molar-refractivity contribution is 7.10. The van der Waals surface area contributed by atoms with Crippen LogP contribution in [0.25, 0.3) is 0 Å². The summed E-state index contributed by atoms with van der Waals surface area (Å²) >= 11 is 1.83. The maximum Gasteiger partial charge on any atom is 0.0790 e. The lowest BCUT2D eigenvalue weighted by atomic mass is 10.4. The van der Waals surface area contributed by atoms with Crippen LogP contribution in [0.3, 0.4) is 0 Å². The van der Waals surface area contributed by atoms with Crippen LogP contribution in [-0.2, 0) is 0 Å². The zero-order valence-corrected chi connectivity index (χ0v) is 8.88. The number of hydrogen-bond donors (Lipinski definition) is 0. The third kappa shape index (κ3) is 1.50. The Hall–Kier alpha value is -0.0831. The van der Waals surface area contributed by atoms with E-state index in [2.05, 4.69) is 37.3 Å². The molecule has 0 aliphatic heterocycles. The van der Waals surface area contributed by atoms with Gasteiger partial charge in [0.15, 0.2) is 0 Å². The molecule has 1 heterocycles. The SMILES string of the molecule is Cc1cscc1[Si](C)(C)C. The van der Waals surface area contributed by atoms with Crippen LogP contribution in [0.15, 0.2) is 10.8 Å². The van der Waals surface area contributed by atoms with Crippen molar-refractivity contribution >= 4 is 24.6 Å². The van der Waals surface area contributed by atoms with Crippen LogP contribution in [-0.4, -0.2) is 8.07 Å². The highest BCUT2D eigenvalue weighted by Crippen LogP contribution is 2.10. The number of aryl methyl sites for hydroxylation is 1. The minimum atomic E-state index is -1.02. The van der Waals surface area contributed by atoms with Gasteiger partial charge in [-0.3, -0.25) is 0 Å². The number of thiophene rings is 1. The molecule has 0 aliphatic rings. The van der Waals surface area contributed by atoms with Crippen LogP contribution < -0.4 is 5.19 Å². The van der Waals surface area contributed by atoms with E-state index >= 15 is 0 Å². The number of rotatable bonds is 1. The average molecular weight is 170 g/mol. The molecule has 56 valence electrons. The van der Waals surface area contributed by atoms with Crippen LogP contribution in [0.2, 0.25) is 19.6 Å². The first kappa shape index (κ1) is 8.02. The summed E-state index contributed by atoms with van der Waals surface area (Å²) in [5, 5.41) is 6.17. The Bertz CT molecular complexity index is 219. The molecule has 0 unspecified atom stereocenters. The molecule has 0 fully saturated rings. The summed E-state index contributed by atoms with van der Waals surface area (Å²) < 4.78 is 0. The largest absolute Gasteiger partial charge is 0.152 e. The molecule has 0 amide bonds. The van der Waals surface area contributed by atoms with Crippen molar-refractivity contribution in [1.29, 1.82) is 0 Å². The van der Waals surface area contributed by atoms with Crippen molar-refractivity contribution in [2.45, 2.75) is 26.6 Å². The standard InChI is InChI=1S/C8H14SSi/c1-7-5-9-6-8(7)10(2,3)4/h5-6H,1-4H3. The maximum atomic E-state index is 2.39. The van der Waals surface area contributed by atoms with Crippen LogP contribution in [0.5, 0.6) is 0 Å². The normalized spacial score (nSPS) is 12.0. The minimum absolute atomic E-state index is 1.02. The lowest BCUT2D eigenvalue weighted by Gasteiger charge is -2.15. The van der Waals surface area contributed by atoms with Crippen molar-refractivity contribution in [3.8, 4) is 0 Å². The molecule has 0 N–H and O–H groups in total. The van der Waals surface area contributed by atoms with E-state index in [4.69, 9.17) is 0 Å². The molecule has 1 aromatic rings. The van der Waals surface area contributed by atoms with Gasteiger partial charge in [0.25, 0.3) is 0 Å². The molecule has 0 aromatic carbocycles. The van der Waals surface area contributed by atoms with E-state index in [9.17, 15) is 0 Å². The second-order valence-electron chi connectivity index (χ2n) is 3.72. The molecule has 1 aromatic heterocycles. The van der Waals surface area contributed by atoms with E-state index in [-0.39, 0.29) is 0 Å². The van der Waals surface area contributed by atoms with Gasteiger partial charge < -0.3 is 0 Å². The van der Waals surface area contributed by atoms with Gasteiger partial charge in [-0.25, -0.2) is 0 Å². The molecule has 0 radical (unpaired) electrons. The molecular weight excluding hydrogens is 156 g/mol. The molecule has 2 heteroatoms. The van der Waals surface area contributed by atoms with Gasteiger partial charge in [0, 0.05) is 0 Å². The van der Waals surface area contributed by atoms with Gasteiger partial charge in [0.05, 0.1) is 8.07 Å². The fourth-order valence-corrected chi connectivity index (χ4v) is 4.83. The Labute approximate surface area is 67.9 Å². The van der Waals surface area contributed by atoms with Gasteiger partial charge in [-0.1, -0.05) is 19.6 Å². The smallest absolute Gasteiger partial charge is 0.0790 e. The molecule has 1 rings (SSSR count). The van der Waals surface area contributed by atoms with E-state index < -0.39 is 8.07 Å². The summed E-state index contributed by atoms with van der Waals surface area (Å²) in [7, 11) is -1.02. The van der Waals surface area contributed by atoms with Gasteiger partial charge in [-0.05, 0) is 28.4 Å². The Morgan fingerprint density at radius 3 is 2.00 bits per heavy atom. The predicted octanol–water partition coefficient (Wildman–Crippen LogP) is 2.60. The van der Waals surface area contributed by atoms with Gasteiger partial charge in [0.2, 0.25) is 0 Å². The molecule has 0 aliphatic carbocycles. The van der Waals surface area contributed by atoms with Gasteiger partial charge in [0.1, 0.15) is 0 Å². The molecule has 0 bridgehead atoms. The Balaban J connectivity index is 3.05. The lowest BCUT2D eigenvalue weighted by Crippen LogP contribution is -2.37. The van der Waals surface area contributed by atoms with E-state index in [1.165, 1.54) is 5.56 Å². The third-order valence-corrected chi connectivity index (χ3v) is 4.89. The summed E-state index contributed by atoms with van der Waals surface area (Å²) in [6.45, 7) is 9.39. The molecule has 10 heavy (non-hydrogen) atoms. The average Bonchev–Trinajstić information content (AvgIpc) is 2.11. The zero-order chi connectivity index (χ0) is 7.78. The summed E-state index contributed by atoms with van der Waals surface area (Å²) in [5.41, 5.74) is 1.49. The van der Waals surface area contributed by atoms with Crippen LogP contribution >= 0.6 is 11.3 Å². The van der Waals surface area contributed by atoms with Gasteiger partial charge in [-0.2, -0.15) is 11.3 Å². The highest BCUT2D eigenvalue weighted by atomic mass is 32.1. The van der Waals surface area contributed by atoms with Crippen molar-refractivity contribution in [1.82, 2.24) is 0 Å². The molecule has 0 spiro atoms. The van der Waals surface area contributed by atoms with E-state index in [0.717, 1.165) is 0 Å². The van der Waals surface area contributed by atoms with E-state index in [0.29, 0.717) is 0 Å². The fraction of sp³-hybridized carbons (Fsp3) is 0.500. The topological polar surface area (TPSA) is 0 Å². The Morgan fingerprint density at radius 2 is 1.80 bits per heavy atom. The third-order valence-electron chi connectivity index (χ3n) is 1.66. The number of hydrogen-bond acceptors (Lipinski definition) is 1. The van der Waals surface area contributed by atoms with Crippen LogP contribution in [0.4, 0.5) is 0 Å². The van der Waals surface area contributed by atoms with Crippen molar-refractivity contribution < 1.29 is 0 Å². The lowest BCUT2D eigenvalue weighted by molar-refractivity contribution is 1.56. The van der Waals surface area contributed by atoms with Crippen LogP contribution in [0, 0.1) is 6.92 Å². The summed E-state index contributed by atoms with van der Waals surface area (Å²) in [4.78, 5) is 0. The van der Waals surface area contributed by atoms with E-state index in [1.807, 2.05) is 11.3 Å². The zero-order valence-electron chi connectivity index (χ0n) is 7.06. The predicted molar refractivity (Wildman–Crippen MR) is 52.0 cm³/mol. The first-order chi connectivity index (χ1) is 4.52. The van der Waals surface area contributed by atoms with Crippen molar-refractivity contribution in [3.63, 3.8) is 0 Å². The van der Waals surface area contributed by atoms with Gasteiger partial charge in [-0.15, -0.1) is 0 Å². The minimum Gasteiger partial charge on any atom is -0.152 e. The quantitative estimate of drug-likeness (QED) is 0.568. The molecule has 0 saturated heterocycles. The first-order valence-electron chi connectivity index (χ1n) is 3.55. The molecular formula is C8H14SSi. The van der Waals surface area contributed by atoms with Gasteiger partial charge >= 0.3 is 0 Å². The maximum absolute atomic E-state index is 2.39. The summed E-state index contributed by atoms with van der Waals surface area (Å²) in [5.74, 6) is 0. The fourth-order valence-electron chi connectivity index (χ4n) is 1.13. The van der Waals surface area contributed by atoms with Crippen molar-refractivity contribution in [3.05, 3.63) is 16.3 Å². The summed E-state index contributed by atoms with van der Waals surface area (Å²) in [6, 6.07) is 0. The van der Waals surface area contributed by atoms with Crippen LogP contribution in [0.1, 0.15) is 5.56 Å². The van der Waals surface area contributed by atoms with Crippen molar-refractivity contribution in [2.24, 2.45) is 0 Å². The molecule has 0 nitrogen and oxygen atoms in total.